The predicted octanol–water partition coefficient (Wildman–Crippen LogP) is 4.12. The van der Waals surface area contributed by atoms with Gasteiger partial charge in [-0.15, -0.1) is 11.8 Å². The van der Waals surface area contributed by atoms with Crippen LogP contribution in [0.1, 0.15) is 32.3 Å². The van der Waals surface area contributed by atoms with Gasteiger partial charge in [-0.3, -0.25) is 9.59 Å². The minimum atomic E-state index is -0.554. The summed E-state index contributed by atoms with van der Waals surface area (Å²) in [5, 5.41) is 2.94. The molecule has 2 aromatic rings. The second-order valence-electron chi connectivity index (χ2n) is 6.80. The number of hydrogen-bond acceptors (Lipinski definition) is 4. The lowest BCUT2D eigenvalue weighted by atomic mass is 10.1. The van der Waals surface area contributed by atoms with Crippen molar-refractivity contribution in [2.75, 3.05) is 19.4 Å². The van der Waals surface area contributed by atoms with Crippen molar-refractivity contribution in [2.24, 2.45) is 0 Å². The van der Waals surface area contributed by atoms with Crippen LogP contribution in [0.15, 0.2) is 59.5 Å². The molecule has 0 saturated heterocycles. The standard InChI is InChI=1S/C23H30N2O3S/c1-4-5-14-24-23(27)18(2)25(16-19-10-9-11-20(15-19)28-3)22(26)17-29-21-12-7-6-8-13-21/h6-13,15,18H,4-5,14,16-17H2,1-3H3,(H,24,27). The average Bonchev–Trinajstić information content (AvgIpc) is 2.76. The Kier molecular flexibility index (Phi) is 9.57. The molecule has 0 radical (unpaired) electrons. The van der Waals surface area contributed by atoms with Crippen LogP contribution < -0.4 is 10.1 Å². The van der Waals surface area contributed by atoms with E-state index in [2.05, 4.69) is 12.2 Å². The lowest BCUT2D eigenvalue weighted by Crippen LogP contribution is -2.48. The summed E-state index contributed by atoms with van der Waals surface area (Å²) in [5.74, 6) is 0.813. The summed E-state index contributed by atoms with van der Waals surface area (Å²) in [5.41, 5.74) is 0.926. The van der Waals surface area contributed by atoms with Crippen LogP contribution in [-0.2, 0) is 16.1 Å². The van der Waals surface area contributed by atoms with Crippen LogP contribution in [0.2, 0.25) is 0 Å². The van der Waals surface area contributed by atoms with Crippen molar-refractivity contribution in [3.63, 3.8) is 0 Å². The van der Waals surface area contributed by atoms with Crippen molar-refractivity contribution in [3.8, 4) is 5.75 Å². The molecule has 0 saturated carbocycles. The Morgan fingerprint density at radius 3 is 2.59 bits per heavy atom. The first-order chi connectivity index (χ1) is 14.0. The summed E-state index contributed by atoms with van der Waals surface area (Å²) in [6, 6.07) is 16.8. The summed E-state index contributed by atoms with van der Waals surface area (Å²) in [6.45, 7) is 4.84. The number of thioether (sulfide) groups is 1. The number of methoxy groups -OCH3 is 1. The van der Waals surface area contributed by atoms with E-state index in [0.29, 0.717) is 13.1 Å². The fourth-order valence-corrected chi connectivity index (χ4v) is 3.64. The zero-order valence-electron chi connectivity index (χ0n) is 17.4. The number of carbonyl (C=O) groups excluding carboxylic acids is 2. The number of nitrogens with zero attached hydrogens (tertiary/aromatic N) is 1. The Labute approximate surface area is 177 Å². The van der Waals surface area contributed by atoms with Crippen molar-refractivity contribution >= 4 is 23.6 Å². The first kappa shape index (κ1) is 22.8. The molecule has 0 aliphatic rings. The number of hydrogen-bond donors (Lipinski definition) is 1. The van der Waals surface area contributed by atoms with Gasteiger partial charge in [-0.2, -0.15) is 0 Å². The molecular weight excluding hydrogens is 384 g/mol. The lowest BCUT2D eigenvalue weighted by Gasteiger charge is -2.29. The van der Waals surface area contributed by atoms with E-state index in [4.69, 9.17) is 4.74 Å². The van der Waals surface area contributed by atoms with E-state index in [1.165, 1.54) is 11.8 Å². The Morgan fingerprint density at radius 1 is 1.14 bits per heavy atom. The van der Waals surface area contributed by atoms with Gasteiger partial charge >= 0.3 is 0 Å². The molecule has 0 aromatic heterocycles. The fraction of sp³-hybridized carbons (Fsp3) is 0.391. The van der Waals surface area contributed by atoms with Gasteiger partial charge in [0.25, 0.3) is 0 Å². The number of ether oxygens (including phenoxy) is 1. The largest absolute Gasteiger partial charge is 0.497 e. The maximum Gasteiger partial charge on any atom is 0.242 e. The molecule has 1 N–H and O–H groups in total. The van der Waals surface area contributed by atoms with Crippen molar-refractivity contribution in [1.29, 1.82) is 0 Å². The zero-order chi connectivity index (χ0) is 21.1. The predicted molar refractivity (Wildman–Crippen MR) is 118 cm³/mol. The molecule has 2 amide bonds. The molecule has 29 heavy (non-hydrogen) atoms. The van der Waals surface area contributed by atoms with Crippen LogP contribution in [0.25, 0.3) is 0 Å². The van der Waals surface area contributed by atoms with Crippen LogP contribution in [0.5, 0.6) is 5.75 Å². The number of benzene rings is 2. The maximum atomic E-state index is 13.0. The number of nitrogens with one attached hydrogen (secondary N) is 1. The number of rotatable bonds is 11. The van der Waals surface area contributed by atoms with Gasteiger partial charge in [0, 0.05) is 18.0 Å². The SMILES string of the molecule is CCCCNC(=O)C(C)N(Cc1cccc(OC)c1)C(=O)CSc1ccccc1. The highest BCUT2D eigenvalue weighted by molar-refractivity contribution is 8.00. The summed E-state index contributed by atoms with van der Waals surface area (Å²) in [6.07, 6.45) is 1.93. The normalized spacial score (nSPS) is 11.6. The molecular formula is C23H30N2O3S. The van der Waals surface area contributed by atoms with Gasteiger partial charge in [0.15, 0.2) is 0 Å². The minimum Gasteiger partial charge on any atom is -0.497 e. The van der Waals surface area contributed by atoms with Crippen LogP contribution in [0.4, 0.5) is 0 Å². The molecule has 5 nitrogen and oxygen atoms in total. The van der Waals surface area contributed by atoms with E-state index in [9.17, 15) is 9.59 Å². The third kappa shape index (κ3) is 7.46. The quantitative estimate of drug-likeness (QED) is 0.444. The lowest BCUT2D eigenvalue weighted by molar-refractivity contribution is -0.138. The highest BCUT2D eigenvalue weighted by Crippen LogP contribution is 2.20. The number of amides is 2. The molecule has 0 heterocycles. The molecule has 6 heteroatoms. The van der Waals surface area contributed by atoms with Gasteiger partial charge in [0.1, 0.15) is 11.8 Å². The van der Waals surface area contributed by atoms with E-state index < -0.39 is 6.04 Å². The summed E-state index contributed by atoms with van der Waals surface area (Å²) < 4.78 is 5.29. The van der Waals surface area contributed by atoms with E-state index in [1.54, 1.807) is 18.9 Å². The highest BCUT2D eigenvalue weighted by atomic mass is 32.2. The van der Waals surface area contributed by atoms with Gasteiger partial charge in [-0.05, 0) is 43.2 Å². The van der Waals surface area contributed by atoms with E-state index in [-0.39, 0.29) is 17.6 Å². The van der Waals surface area contributed by atoms with E-state index in [0.717, 1.165) is 29.1 Å². The average molecular weight is 415 g/mol. The van der Waals surface area contributed by atoms with Crippen molar-refractivity contribution in [1.82, 2.24) is 10.2 Å². The van der Waals surface area contributed by atoms with Crippen LogP contribution in [0.3, 0.4) is 0 Å². The molecule has 0 aliphatic heterocycles. The smallest absolute Gasteiger partial charge is 0.242 e. The summed E-state index contributed by atoms with van der Waals surface area (Å²) >= 11 is 1.48. The zero-order valence-corrected chi connectivity index (χ0v) is 18.2. The molecule has 0 bridgehead atoms. The van der Waals surface area contributed by atoms with Crippen molar-refractivity contribution in [3.05, 3.63) is 60.2 Å². The number of carbonyl (C=O) groups is 2. The van der Waals surface area contributed by atoms with Crippen molar-refractivity contribution in [2.45, 2.75) is 44.2 Å². The van der Waals surface area contributed by atoms with Gasteiger partial charge in [0.05, 0.1) is 12.9 Å². The molecule has 2 aromatic carbocycles. The van der Waals surface area contributed by atoms with Crippen LogP contribution in [0, 0.1) is 0 Å². The molecule has 156 valence electrons. The monoisotopic (exact) mass is 414 g/mol. The summed E-state index contributed by atoms with van der Waals surface area (Å²) in [7, 11) is 1.61. The Balaban J connectivity index is 2.12. The minimum absolute atomic E-state index is 0.0696. The fourth-order valence-electron chi connectivity index (χ4n) is 2.83. The Bertz CT molecular complexity index is 783. The molecule has 0 fully saturated rings. The number of unbranched alkanes of at least 4 members (excludes halogenated alkanes) is 1. The molecule has 1 atom stereocenters. The Hall–Kier alpha value is -2.47. The van der Waals surface area contributed by atoms with Gasteiger partial charge in [-0.1, -0.05) is 43.7 Å². The van der Waals surface area contributed by atoms with Crippen LogP contribution >= 0.6 is 11.8 Å². The second-order valence-corrected chi connectivity index (χ2v) is 7.84. The van der Waals surface area contributed by atoms with Crippen LogP contribution in [-0.4, -0.2) is 42.2 Å². The molecule has 0 spiro atoms. The van der Waals surface area contributed by atoms with Gasteiger partial charge in [0.2, 0.25) is 11.8 Å². The van der Waals surface area contributed by atoms with E-state index >= 15 is 0 Å². The Morgan fingerprint density at radius 2 is 1.90 bits per heavy atom. The second kappa shape index (κ2) is 12.2. The third-order valence-corrected chi connectivity index (χ3v) is 5.59. The first-order valence-electron chi connectivity index (χ1n) is 9.93. The first-order valence-corrected chi connectivity index (χ1v) is 10.9. The maximum absolute atomic E-state index is 13.0. The third-order valence-electron chi connectivity index (χ3n) is 4.59. The van der Waals surface area contributed by atoms with Gasteiger partial charge in [-0.25, -0.2) is 0 Å². The van der Waals surface area contributed by atoms with E-state index in [1.807, 2.05) is 54.6 Å². The summed E-state index contributed by atoms with van der Waals surface area (Å²) in [4.78, 5) is 28.3. The highest BCUT2D eigenvalue weighted by Gasteiger charge is 2.26. The van der Waals surface area contributed by atoms with Crippen molar-refractivity contribution < 1.29 is 14.3 Å². The topological polar surface area (TPSA) is 58.6 Å². The molecule has 2 rings (SSSR count). The van der Waals surface area contributed by atoms with Gasteiger partial charge < -0.3 is 15.0 Å². The molecule has 1 unspecified atom stereocenters. The molecule has 0 aliphatic carbocycles.